The quantitative estimate of drug-likeness (QED) is 0.557. The Morgan fingerprint density at radius 3 is 2.48 bits per heavy atom. The van der Waals surface area contributed by atoms with E-state index < -0.39 is 0 Å². The van der Waals surface area contributed by atoms with Crippen molar-refractivity contribution in [3.8, 4) is 16.9 Å². The molecule has 3 heteroatoms. The number of benzene rings is 2. The molecule has 0 saturated heterocycles. The monoisotopic (exact) mass is 332 g/mol. The molecule has 0 amide bonds. The molecule has 0 atom stereocenters. The molecule has 2 aromatic rings. The summed E-state index contributed by atoms with van der Waals surface area (Å²) < 4.78 is 10.8. The third kappa shape index (κ3) is 4.73. The number of ether oxygens (including phenoxy) is 2. The molecular weight excluding hydrogens is 308 g/mol. The zero-order chi connectivity index (χ0) is 16.7. The molecule has 0 saturated carbocycles. The molecule has 0 aliphatic carbocycles. The van der Waals surface area contributed by atoms with Gasteiger partial charge in [0.05, 0.1) is 6.61 Å². The third-order valence-electron chi connectivity index (χ3n) is 4.14. The van der Waals surface area contributed by atoms with E-state index in [-0.39, 0.29) is 0 Å². The highest BCUT2D eigenvalue weighted by Crippen LogP contribution is 2.36. The predicted octanol–water partition coefficient (Wildman–Crippen LogP) is 5.94. The van der Waals surface area contributed by atoms with E-state index in [0.29, 0.717) is 19.1 Å². The van der Waals surface area contributed by atoms with Gasteiger partial charge in [-0.3, -0.25) is 0 Å². The van der Waals surface area contributed by atoms with E-state index in [0.717, 1.165) is 29.2 Å². The maximum Gasteiger partial charge on any atom is 0.120 e. The smallest absolute Gasteiger partial charge is 0.120 e. The number of halogens is 1. The van der Waals surface area contributed by atoms with Crippen LogP contribution in [0.1, 0.15) is 38.2 Å². The fourth-order valence-electron chi connectivity index (χ4n) is 2.86. The molecule has 0 aliphatic rings. The zero-order valence-electron chi connectivity index (χ0n) is 14.1. The molecule has 0 bridgehead atoms. The van der Waals surface area contributed by atoms with Crippen molar-refractivity contribution in [1.29, 1.82) is 0 Å². The highest BCUT2D eigenvalue weighted by atomic mass is 35.5. The highest BCUT2D eigenvalue weighted by Gasteiger charge is 2.14. The number of hydrogen-bond acceptors (Lipinski definition) is 2. The number of methoxy groups -OCH3 is 1. The van der Waals surface area contributed by atoms with Gasteiger partial charge in [-0.1, -0.05) is 43.6 Å². The van der Waals surface area contributed by atoms with Gasteiger partial charge in [0.1, 0.15) is 12.4 Å². The Bertz CT molecular complexity index is 621. The van der Waals surface area contributed by atoms with Crippen molar-refractivity contribution >= 4 is 11.6 Å². The van der Waals surface area contributed by atoms with E-state index in [2.05, 4.69) is 38.1 Å². The first-order valence-electron chi connectivity index (χ1n) is 8.21. The highest BCUT2D eigenvalue weighted by molar-refractivity contribution is 6.30. The Morgan fingerprint density at radius 2 is 1.78 bits per heavy atom. The lowest BCUT2D eigenvalue weighted by atomic mass is 9.87. The summed E-state index contributed by atoms with van der Waals surface area (Å²) in [5.41, 5.74) is 3.70. The number of hydrogen-bond donors (Lipinski definition) is 0. The van der Waals surface area contributed by atoms with Gasteiger partial charge in [0.15, 0.2) is 0 Å². The summed E-state index contributed by atoms with van der Waals surface area (Å²) in [6.07, 6.45) is 2.24. The van der Waals surface area contributed by atoms with Crippen LogP contribution >= 0.6 is 11.6 Å². The topological polar surface area (TPSA) is 18.5 Å². The first-order chi connectivity index (χ1) is 11.2. The van der Waals surface area contributed by atoms with E-state index in [1.165, 1.54) is 11.1 Å². The first kappa shape index (κ1) is 17.8. The predicted molar refractivity (Wildman–Crippen MR) is 97.6 cm³/mol. The Morgan fingerprint density at radius 1 is 1.00 bits per heavy atom. The molecule has 0 aliphatic heterocycles. The Kier molecular flexibility index (Phi) is 6.94. The van der Waals surface area contributed by atoms with Crippen molar-refractivity contribution < 1.29 is 9.47 Å². The lowest BCUT2D eigenvalue weighted by Crippen LogP contribution is -2.04. The van der Waals surface area contributed by atoms with Gasteiger partial charge in [-0.05, 0) is 59.7 Å². The Labute approximate surface area is 144 Å². The maximum atomic E-state index is 6.25. The molecule has 0 unspecified atom stereocenters. The van der Waals surface area contributed by atoms with Crippen molar-refractivity contribution in [2.24, 2.45) is 0 Å². The molecule has 0 heterocycles. The normalized spacial score (nSPS) is 11.0. The minimum atomic E-state index is 0.542. The Balaban J connectivity index is 2.37. The average molecular weight is 333 g/mol. The van der Waals surface area contributed by atoms with E-state index in [9.17, 15) is 0 Å². The average Bonchev–Trinajstić information content (AvgIpc) is 2.57. The van der Waals surface area contributed by atoms with Gasteiger partial charge in [-0.15, -0.1) is 0 Å². The molecule has 0 aromatic heterocycles. The maximum absolute atomic E-state index is 6.25. The van der Waals surface area contributed by atoms with Crippen LogP contribution in [0.3, 0.4) is 0 Å². The lowest BCUT2D eigenvalue weighted by molar-refractivity contribution is 0.146. The summed E-state index contributed by atoms with van der Waals surface area (Å²) in [7, 11) is 1.67. The lowest BCUT2D eigenvalue weighted by Gasteiger charge is -2.18. The van der Waals surface area contributed by atoms with Crippen LogP contribution in [-0.2, 0) is 4.74 Å². The van der Waals surface area contributed by atoms with Gasteiger partial charge in [0, 0.05) is 12.1 Å². The molecule has 0 radical (unpaired) electrons. The molecule has 124 valence electrons. The Hall–Kier alpha value is -1.51. The largest absolute Gasteiger partial charge is 0.491 e. The van der Waals surface area contributed by atoms with Crippen LogP contribution in [-0.4, -0.2) is 20.3 Å². The van der Waals surface area contributed by atoms with Gasteiger partial charge in [0.2, 0.25) is 0 Å². The second-order valence-corrected chi connectivity index (χ2v) is 6.05. The van der Waals surface area contributed by atoms with E-state index in [1.807, 2.05) is 18.2 Å². The van der Waals surface area contributed by atoms with Crippen molar-refractivity contribution in [2.75, 3.05) is 20.3 Å². The van der Waals surface area contributed by atoms with Crippen molar-refractivity contribution in [2.45, 2.75) is 32.6 Å². The zero-order valence-corrected chi connectivity index (χ0v) is 14.9. The van der Waals surface area contributed by atoms with Crippen LogP contribution in [0.2, 0.25) is 5.02 Å². The van der Waals surface area contributed by atoms with Crippen LogP contribution in [0.25, 0.3) is 11.1 Å². The molecule has 0 N–H and O–H groups in total. The molecule has 2 nitrogen and oxygen atoms in total. The first-order valence-corrected chi connectivity index (χ1v) is 8.59. The fourth-order valence-corrected chi connectivity index (χ4v) is 3.03. The summed E-state index contributed by atoms with van der Waals surface area (Å²) >= 11 is 6.25. The van der Waals surface area contributed by atoms with Crippen molar-refractivity contribution in [3.63, 3.8) is 0 Å². The summed E-state index contributed by atoms with van der Waals surface area (Å²) in [6, 6.07) is 14.4. The van der Waals surface area contributed by atoms with Crippen LogP contribution in [0.4, 0.5) is 0 Å². The molecule has 23 heavy (non-hydrogen) atoms. The molecule has 0 spiro atoms. The van der Waals surface area contributed by atoms with Crippen molar-refractivity contribution in [1.82, 2.24) is 0 Å². The van der Waals surface area contributed by atoms with Crippen molar-refractivity contribution in [3.05, 3.63) is 53.1 Å². The fraction of sp³-hybridized carbons (Fsp3) is 0.400. The van der Waals surface area contributed by atoms with Crippen LogP contribution in [0, 0.1) is 0 Å². The molecule has 2 rings (SSSR count). The molecular formula is C20H25ClO2. The van der Waals surface area contributed by atoms with Gasteiger partial charge in [-0.25, -0.2) is 0 Å². The SMILES string of the molecule is CCC(CC)c1ccc(Cl)cc1-c1cccc(OCCOC)c1. The van der Waals surface area contributed by atoms with Gasteiger partial charge in [-0.2, -0.15) is 0 Å². The summed E-state index contributed by atoms with van der Waals surface area (Å²) in [4.78, 5) is 0. The van der Waals surface area contributed by atoms with E-state index >= 15 is 0 Å². The summed E-state index contributed by atoms with van der Waals surface area (Å²) in [5, 5.41) is 0.764. The minimum absolute atomic E-state index is 0.542. The summed E-state index contributed by atoms with van der Waals surface area (Å²) in [6.45, 7) is 5.60. The number of rotatable bonds is 8. The summed E-state index contributed by atoms with van der Waals surface area (Å²) in [5.74, 6) is 1.40. The minimum Gasteiger partial charge on any atom is -0.491 e. The van der Waals surface area contributed by atoms with Crippen LogP contribution in [0.5, 0.6) is 5.75 Å². The molecule has 0 fully saturated rings. The standard InChI is InChI=1S/C20H25ClO2/c1-4-15(5-2)19-10-9-17(21)14-20(19)16-7-6-8-18(13-16)23-12-11-22-3/h6-10,13-15H,4-5,11-12H2,1-3H3. The van der Waals surface area contributed by atoms with Gasteiger partial charge < -0.3 is 9.47 Å². The van der Waals surface area contributed by atoms with Crippen LogP contribution < -0.4 is 4.74 Å². The van der Waals surface area contributed by atoms with Gasteiger partial charge >= 0.3 is 0 Å². The van der Waals surface area contributed by atoms with Crippen LogP contribution in [0.15, 0.2) is 42.5 Å². The second kappa shape index (κ2) is 8.95. The second-order valence-electron chi connectivity index (χ2n) is 5.61. The third-order valence-corrected chi connectivity index (χ3v) is 4.38. The van der Waals surface area contributed by atoms with E-state index in [4.69, 9.17) is 21.1 Å². The van der Waals surface area contributed by atoms with E-state index in [1.54, 1.807) is 7.11 Å². The van der Waals surface area contributed by atoms with Gasteiger partial charge in [0.25, 0.3) is 0 Å². The molecule has 2 aromatic carbocycles.